The molecule has 1 aliphatic carbocycles. The Kier molecular flexibility index (Phi) is 6.96. The number of nitrogens with zero attached hydrogens (tertiary/aromatic N) is 2. The van der Waals surface area contributed by atoms with Crippen LogP contribution in [0.4, 0.5) is 4.79 Å². The zero-order valence-corrected chi connectivity index (χ0v) is 16.2. The highest BCUT2D eigenvalue weighted by Gasteiger charge is 2.35. The Morgan fingerprint density at radius 2 is 1.67 bits per heavy atom. The zero-order valence-electron chi connectivity index (χ0n) is 16.2. The Labute approximate surface area is 161 Å². The fourth-order valence-corrected chi connectivity index (χ4v) is 4.81. The number of likely N-dealkylation sites (tertiary alicyclic amines) is 2. The van der Waals surface area contributed by atoms with E-state index in [1.807, 2.05) is 4.90 Å². The van der Waals surface area contributed by atoms with Gasteiger partial charge in [-0.25, -0.2) is 4.79 Å². The average Bonchev–Trinajstić information content (AvgIpc) is 3.19. The van der Waals surface area contributed by atoms with Gasteiger partial charge in [0.05, 0.1) is 5.92 Å². The zero-order chi connectivity index (χ0) is 19.2. The molecule has 7 heteroatoms. The molecule has 0 aromatic heterocycles. The Morgan fingerprint density at radius 3 is 2.41 bits per heavy atom. The van der Waals surface area contributed by atoms with Crippen molar-refractivity contribution in [2.45, 2.75) is 82.7 Å². The van der Waals surface area contributed by atoms with Crippen molar-refractivity contribution in [3.63, 3.8) is 0 Å². The van der Waals surface area contributed by atoms with E-state index in [4.69, 9.17) is 5.11 Å². The second-order valence-corrected chi connectivity index (χ2v) is 8.33. The molecule has 2 N–H and O–H groups in total. The molecule has 0 radical (unpaired) electrons. The second kappa shape index (κ2) is 9.42. The number of hydrogen-bond acceptors (Lipinski definition) is 3. The molecule has 3 aliphatic rings. The lowest BCUT2D eigenvalue weighted by molar-refractivity contribution is -0.143. The van der Waals surface area contributed by atoms with Crippen molar-refractivity contribution in [3.8, 4) is 0 Å². The van der Waals surface area contributed by atoms with Gasteiger partial charge < -0.3 is 20.2 Å². The monoisotopic (exact) mass is 379 g/mol. The minimum Gasteiger partial charge on any atom is -0.481 e. The molecule has 1 saturated carbocycles. The van der Waals surface area contributed by atoms with Crippen LogP contribution in [0, 0.1) is 5.92 Å². The number of carbonyl (C=O) groups is 3. The fourth-order valence-electron chi connectivity index (χ4n) is 4.81. The summed E-state index contributed by atoms with van der Waals surface area (Å²) in [7, 11) is 0. The number of hydrogen-bond donors (Lipinski definition) is 2. The van der Waals surface area contributed by atoms with Crippen LogP contribution in [0.3, 0.4) is 0 Å². The molecular formula is C20H33N3O4. The van der Waals surface area contributed by atoms with E-state index in [2.05, 4.69) is 5.32 Å². The standard InChI is InChI=1S/C20H33N3O4/c24-18(25)11-10-17-9-3-4-13-23(17)19(26)15-6-5-12-22(14-15)20(27)21-16-7-1-2-8-16/h15-17H,1-14H2,(H,21,27)(H,24,25). The van der Waals surface area contributed by atoms with E-state index in [-0.39, 0.29) is 36.4 Å². The molecule has 2 heterocycles. The molecule has 27 heavy (non-hydrogen) atoms. The smallest absolute Gasteiger partial charge is 0.317 e. The molecule has 0 bridgehead atoms. The first-order valence-corrected chi connectivity index (χ1v) is 10.6. The van der Waals surface area contributed by atoms with Crippen LogP contribution < -0.4 is 5.32 Å². The van der Waals surface area contributed by atoms with Crippen LogP contribution in [0.2, 0.25) is 0 Å². The van der Waals surface area contributed by atoms with Gasteiger partial charge in [0.15, 0.2) is 0 Å². The minimum absolute atomic E-state index is 0.0273. The summed E-state index contributed by atoms with van der Waals surface area (Å²) < 4.78 is 0. The van der Waals surface area contributed by atoms with Gasteiger partial charge in [0.2, 0.25) is 5.91 Å². The van der Waals surface area contributed by atoms with E-state index in [0.717, 1.165) is 44.9 Å². The molecule has 3 amide bonds. The van der Waals surface area contributed by atoms with E-state index in [1.54, 1.807) is 4.90 Å². The molecule has 152 valence electrons. The largest absolute Gasteiger partial charge is 0.481 e. The van der Waals surface area contributed by atoms with Crippen molar-refractivity contribution in [2.24, 2.45) is 5.92 Å². The third-order valence-electron chi connectivity index (χ3n) is 6.34. The third kappa shape index (κ3) is 5.36. The summed E-state index contributed by atoms with van der Waals surface area (Å²) in [6, 6.07) is 0.293. The third-order valence-corrected chi connectivity index (χ3v) is 6.34. The van der Waals surface area contributed by atoms with Crippen LogP contribution in [0.5, 0.6) is 0 Å². The van der Waals surface area contributed by atoms with Gasteiger partial charge in [-0.3, -0.25) is 9.59 Å². The highest BCUT2D eigenvalue weighted by atomic mass is 16.4. The maximum atomic E-state index is 13.1. The lowest BCUT2D eigenvalue weighted by Crippen LogP contribution is -2.53. The molecule has 7 nitrogen and oxygen atoms in total. The molecule has 3 fully saturated rings. The van der Waals surface area contributed by atoms with Crippen molar-refractivity contribution in [3.05, 3.63) is 0 Å². The first-order chi connectivity index (χ1) is 13.0. The Bertz CT molecular complexity index is 547. The lowest BCUT2D eigenvalue weighted by atomic mass is 9.92. The van der Waals surface area contributed by atoms with E-state index in [9.17, 15) is 14.4 Å². The number of piperidine rings is 2. The van der Waals surface area contributed by atoms with Gasteiger partial charge in [-0.05, 0) is 51.4 Å². The summed E-state index contributed by atoms with van der Waals surface area (Å²) >= 11 is 0. The number of urea groups is 1. The number of amides is 3. The number of carboxylic acid groups (broad SMARTS) is 1. The number of nitrogens with one attached hydrogen (secondary N) is 1. The van der Waals surface area contributed by atoms with E-state index in [1.165, 1.54) is 12.8 Å². The molecular weight excluding hydrogens is 346 g/mol. The number of aliphatic carboxylic acids is 1. The van der Waals surface area contributed by atoms with Gasteiger partial charge in [-0.2, -0.15) is 0 Å². The van der Waals surface area contributed by atoms with Gasteiger partial charge in [0, 0.05) is 38.1 Å². The molecule has 3 rings (SSSR count). The predicted molar refractivity (Wildman–Crippen MR) is 101 cm³/mol. The van der Waals surface area contributed by atoms with E-state index in [0.29, 0.717) is 26.1 Å². The quantitative estimate of drug-likeness (QED) is 0.768. The normalized spacial score (nSPS) is 26.8. The minimum atomic E-state index is -0.805. The molecule has 0 aromatic carbocycles. The Hall–Kier alpha value is -1.79. The number of rotatable bonds is 5. The summed E-state index contributed by atoms with van der Waals surface area (Å²) in [6.07, 6.45) is 9.69. The summed E-state index contributed by atoms with van der Waals surface area (Å²) in [6.45, 7) is 1.91. The SMILES string of the molecule is O=C(O)CCC1CCCCN1C(=O)C1CCCN(C(=O)NC2CCCC2)C1. The van der Waals surface area contributed by atoms with E-state index >= 15 is 0 Å². The van der Waals surface area contributed by atoms with Crippen molar-refractivity contribution in [2.75, 3.05) is 19.6 Å². The topological polar surface area (TPSA) is 90.0 Å². The van der Waals surface area contributed by atoms with Gasteiger partial charge in [-0.15, -0.1) is 0 Å². The second-order valence-electron chi connectivity index (χ2n) is 8.33. The summed E-state index contributed by atoms with van der Waals surface area (Å²) in [5.74, 6) is -0.845. The van der Waals surface area contributed by atoms with Gasteiger partial charge in [0.25, 0.3) is 0 Å². The van der Waals surface area contributed by atoms with Crippen LogP contribution in [0.25, 0.3) is 0 Å². The molecule has 2 aliphatic heterocycles. The van der Waals surface area contributed by atoms with Crippen LogP contribution in [0.15, 0.2) is 0 Å². The average molecular weight is 380 g/mol. The molecule has 0 spiro atoms. The summed E-state index contributed by atoms with van der Waals surface area (Å²) in [4.78, 5) is 40.3. The molecule has 2 saturated heterocycles. The van der Waals surface area contributed by atoms with Crippen LogP contribution in [-0.2, 0) is 9.59 Å². The Balaban J connectivity index is 1.56. The number of carboxylic acids is 1. The van der Waals surface area contributed by atoms with Gasteiger partial charge in [0.1, 0.15) is 0 Å². The molecule has 0 aromatic rings. The maximum Gasteiger partial charge on any atom is 0.317 e. The van der Waals surface area contributed by atoms with Crippen molar-refractivity contribution in [1.29, 1.82) is 0 Å². The first-order valence-electron chi connectivity index (χ1n) is 10.6. The van der Waals surface area contributed by atoms with E-state index < -0.39 is 5.97 Å². The molecule has 2 unspecified atom stereocenters. The number of carbonyl (C=O) groups excluding carboxylic acids is 2. The summed E-state index contributed by atoms with van der Waals surface area (Å²) in [5.41, 5.74) is 0. The predicted octanol–water partition coefficient (Wildman–Crippen LogP) is 2.60. The lowest BCUT2D eigenvalue weighted by Gasteiger charge is -2.40. The summed E-state index contributed by atoms with van der Waals surface area (Å²) in [5, 5.41) is 12.1. The Morgan fingerprint density at radius 1 is 0.926 bits per heavy atom. The van der Waals surface area contributed by atoms with Crippen LogP contribution in [-0.4, -0.2) is 64.5 Å². The van der Waals surface area contributed by atoms with Crippen molar-refractivity contribution < 1.29 is 19.5 Å². The van der Waals surface area contributed by atoms with Crippen LogP contribution in [0.1, 0.15) is 70.6 Å². The van der Waals surface area contributed by atoms with Crippen molar-refractivity contribution >= 4 is 17.9 Å². The fraction of sp³-hybridized carbons (Fsp3) is 0.850. The van der Waals surface area contributed by atoms with Crippen molar-refractivity contribution in [1.82, 2.24) is 15.1 Å². The first kappa shape index (κ1) is 20.0. The van der Waals surface area contributed by atoms with Crippen LogP contribution >= 0.6 is 0 Å². The molecule has 2 atom stereocenters. The van der Waals surface area contributed by atoms with Gasteiger partial charge in [-0.1, -0.05) is 12.8 Å². The highest BCUT2D eigenvalue weighted by Crippen LogP contribution is 2.27. The van der Waals surface area contributed by atoms with Gasteiger partial charge >= 0.3 is 12.0 Å². The maximum absolute atomic E-state index is 13.1. The highest BCUT2D eigenvalue weighted by molar-refractivity contribution is 5.81.